The smallest absolute Gasteiger partial charge is 0.321 e. The van der Waals surface area contributed by atoms with E-state index in [-0.39, 0.29) is 42.9 Å². The number of rotatable bonds is 6. The van der Waals surface area contributed by atoms with E-state index in [9.17, 15) is 14.7 Å². The number of ether oxygens (including phenoxy) is 2. The molecule has 1 aliphatic heterocycles. The van der Waals surface area contributed by atoms with Crippen LogP contribution in [-0.2, 0) is 0 Å². The minimum Gasteiger partial charge on any atom is -0.495 e. The van der Waals surface area contributed by atoms with Crippen molar-refractivity contribution in [1.29, 1.82) is 0 Å². The fraction of sp³-hybridized carbons (Fsp3) is 0.435. The van der Waals surface area contributed by atoms with Gasteiger partial charge in [-0.3, -0.25) is 4.79 Å². The van der Waals surface area contributed by atoms with Crippen LogP contribution in [-0.4, -0.2) is 77.8 Å². The van der Waals surface area contributed by atoms with Crippen LogP contribution < -0.4 is 14.8 Å². The second-order valence-electron chi connectivity index (χ2n) is 8.14. The molecule has 2 N–H and O–H groups in total. The first-order valence-electron chi connectivity index (χ1n) is 10.6. The van der Waals surface area contributed by atoms with Gasteiger partial charge in [0.25, 0.3) is 5.91 Å². The molecule has 3 rings (SSSR count). The molecule has 1 aromatic carbocycles. The minimum atomic E-state index is -0.438. The van der Waals surface area contributed by atoms with Crippen LogP contribution in [0.2, 0.25) is 0 Å². The number of halogens is 1. The summed E-state index contributed by atoms with van der Waals surface area (Å²) >= 11 is 3.36. The second kappa shape index (κ2) is 10.8. The van der Waals surface area contributed by atoms with E-state index in [1.165, 1.54) is 4.90 Å². The van der Waals surface area contributed by atoms with Gasteiger partial charge in [0.1, 0.15) is 17.4 Å². The van der Waals surface area contributed by atoms with E-state index >= 15 is 0 Å². The maximum Gasteiger partial charge on any atom is 0.321 e. The predicted octanol–water partition coefficient (Wildman–Crippen LogP) is 3.24. The number of carbonyl (C=O) groups is 2. The van der Waals surface area contributed by atoms with Crippen molar-refractivity contribution in [3.8, 4) is 11.6 Å². The minimum absolute atomic E-state index is 0.136. The second-order valence-corrected chi connectivity index (χ2v) is 9.06. The first-order chi connectivity index (χ1) is 15.7. The number of urea groups is 1. The van der Waals surface area contributed by atoms with Crippen molar-refractivity contribution in [2.24, 2.45) is 5.92 Å². The van der Waals surface area contributed by atoms with Gasteiger partial charge in [0.15, 0.2) is 0 Å². The standard InChI is InChI=1S/C23H29BrN4O5/c1-14-11-28(15(2)13-29)22(30)17-9-16(24)10-25-21(17)33-20(14)12-27(3)23(31)26-18-7-5-6-8-19(18)32-4/h5-10,14-15,20,29H,11-13H2,1-4H3,(H,26,31)/t14-,15-,20-/m0/s1. The summed E-state index contributed by atoms with van der Waals surface area (Å²) in [7, 11) is 3.22. The lowest BCUT2D eigenvalue weighted by molar-refractivity contribution is 0.0356. The van der Waals surface area contributed by atoms with Gasteiger partial charge in [0.2, 0.25) is 5.88 Å². The maximum atomic E-state index is 13.2. The number of pyridine rings is 1. The number of amides is 3. The Kier molecular flexibility index (Phi) is 8.15. The van der Waals surface area contributed by atoms with Crippen molar-refractivity contribution in [3.63, 3.8) is 0 Å². The fourth-order valence-corrected chi connectivity index (χ4v) is 3.94. The van der Waals surface area contributed by atoms with Gasteiger partial charge >= 0.3 is 6.03 Å². The summed E-state index contributed by atoms with van der Waals surface area (Å²) in [4.78, 5) is 33.5. The molecule has 0 saturated carbocycles. The van der Waals surface area contributed by atoms with E-state index in [1.807, 2.05) is 19.1 Å². The maximum absolute atomic E-state index is 13.2. The number of hydrogen-bond acceptors (Lipinski definition) is 6. The van der Waals surface area contributed by atoms with Gasteiger partial charge in [-0.05, 0) is 41.1 Å². The van der Waals surface area contributed by atoms with Crippen LogP contribution in [0.15, 0.2) is 41.0 Å². The first-order valence-corrected chi connectivity index (χ1v) is 11.4. The zero-order chi connectivity index (χ0) is 24.1. The van der Waals surface area contributed by atoms with Crippen LogP contribution in [0.25, 0.3) is 0 Å². The normalized spacial score (nSPS) is 19.0. The van der Waals surface area contributed by atoms with Crippen LogP contribution >= 0.6 is 15.9 Å². The van der Waals surface area contributed by atoms with Crippen molar-refractivity contribution in [2.45, 2.75) is 26.0 Å². The number of nitrogens with one attached hydrogen (secondary N) is 1. The number of methoxy groups -OCH3 is 1. The molecule has 1 aliphatic rings. The zero-order valence-electron chi connectivity index (χ0n) is 19.1. The quantitative estimate of drug-likeness (QED) is 0.605. The number of hydrogen-bond donors (Lipinski definition) is 2. The van der Waals surface area contributed by atoms with E-state index in [0.717, 1.165) is 0 Å². The molecular formula is C23H29BrN4O5. The fourth-order valence-electron chi connectivity index (χ4n) is 3.61. The molecule has 0 radical (unpaired) electrons. The molecule has 2 heterocycles. The Morgan fingerprint density at radius 1 is 1.45 bits per heavy atom. The average molecular weight is 521 g/mol. The Labute approximate surface area is 201 Å². The Bertz CT molecular complexity index is 1000. The number of benzene rings is 1. The van der Waals surface area contributed by atoms with Crippen LogP contribution in [0.1, 0.15) is 24.2 Å². The van der Waals surface area contributed by atoms with Gasteiger partial charge in [0.05, 0.1) is 32.0 Å². The highest BCUT2D eigenvalue weighted by atomic mass is 79.9. The van der Waals surface area contributed by atoms with Gasteiger partial charge in [0, 0.05) is 30.2 Å². The molecule has 10 heteroatoms. The van der Waals surface area contributed by atoms with E-state index in [1.54, 1.807) is 50.4 Å². The number of likely N-dealkylation sites (N-methyl/N-ethyl adjacent to an activating group) is 1. The predicted molar refractivity (Wildman–Crippen MR) is 128 cm³/mol. The Morgan fingerprint density at radius 3 is 2.88 bits per heavy atom. The molecule has 2 aromatic rings. The summed E-state index contributed by atoms with van der Waals surface area (Å²) < 4.78 is 12.1. The Balaban J connectivity index is 1.83. The highest BCUT2D eigenvalue weighted by Crippen LogP contribution is 2.29. The van der Waals surface area contributed by atoms with E-state index in [0.29, 0.717) is 28.0 Å². The third-order valence-electron chi connectivity index (χ3n) is 5.64. The summed E-state index contributed by atoms with van der Waals surface area (Å²) in [5.41, 5.74) is 0.872. The van der Waals surface area contributed by atoms with Gasteiger partial charge in [-0.15, -0.1) is 0 Å². The molecule has 1 aromatic heterocycles. The highest BCUT2D eigenvalue weighted by molar-refractivity contribution is 9.10. The molecule has 0 unspecified atom stereocenters. The molecule has 3 atom stereocenters. The van der Waals surface area contributed by atoms with E-state index < -0.39 is 6.10 Å². The van der Waals surface area contributed by atoms with Crippen molar-refractivity contribution < 1.29 is 24.2 Å². The van der Waals surface area contributed by atoms with Crippen molar-refractivity contribution in [3.05, 3.63) is 46.6 Å². The topological polar surface area (TPSA) is 104 Å². The lowest BCUT2D eigenvalue weighted by Gasteiger charge is -2.37. The lowest BCUT2D eigenvalue weighted by atomic mass is 10.0. The number of aromatic nitrogens is 1. The van der Waals surface area contributed by atoms with E-state index in [2.05, 4.69) is 26.2 Å². The zero-order valence-corrected chi connectivity index (χ0v) is 20.7. The summed E-state index contributed by atoms with van der Waals surface area (Å²) in [6.07, 6.45) is 1.13. The van der Waals surface area contributed by atoms with Crippen LogP contribution in [0.3, 0.4) is 0 Å². The largest absolute Gasteiger partial charge is 0.495 e. The molecule has 0 spiro atoms. The van der Waals surface area contributed by atoms with Gasteiger partial charge in [-0.1, -0.05) is 19.1 Å². The molecule has 9 nitrogen and oxygen atoms in total. The van der Waals surface area contributed by atoms with Crippen LogP contribution in [0, 0.1) is 5.92 Å². The van der Waals surface area contributed by atoms with Crippen molar-refractivity contribution in [2.75, 3.05) is 39.2 Å². The molecule has 0 bridgehead atoms. The third-order valence-corrected chi connectivity index (χ3v) is 6.07. The molecule has 178 valence electrons. The number of para-hydroxylation sites is 2. The van der Waals surface area contributed by atoms with Crippen LogP contribution in [0.4, 0.5) is 10.5 Å². The van der Waals surface area contributed by atoms with Gasteiger partial charge < -0.3 is 29.7 Å². The number of fused-ring (bicyclic) bond motifs is 1. The van der Waals surface area contributed by atoms with Crippen molar-refractivity contribution in [1.82, 2.24) is 14.8 Å². The number of nitrogens with zero attached hydrogens (tertiary/aromatic N) is 3. The van der Waals surface area contributed by atoms with Crippen LogP contribution in [0.5, 0.6) is 11.6 Å². The molecule has 0 aliphatic carbocycles. The lowest BCUT2D eigenvalue weighted by Crippen LogP contribution is -2.50. The molecule has 33 heavy (non-hydrogen) atoms. The SMILES string of the molecule is COc1ccccc1NC(=O)N(C)C[C@@H]1Oc2ncc(Br)cc2C(=O)N([C@@H](C)CO)C[C@@H]1C. The first kappa shape index (κ1) is 24.8. The molecule has 0 fully saturated rings. The monoisotopic (exact) mass is 520 g/mol. The highest BCUT2D eigenvalue weighted by Gasteiger charge is 2.34. The Hall–Kier alpha value is -2.85. The number of aliphatic hydroxyl groups excluding tert-OH is 1. The summed E-state index contributed by atoms with van der Waals surface area (Å²) in [6.45, 7) is 4.20. The third kappa shape index (κ3) is 5.75. The Morgan fingerprint density at radius 2 is 2.18 bits per heavy atom. The van der Waals surface area contributed by atoms with Crippen molar-refractivity contribution >= 4 is 33.6 Å². The van der Waals surface area contributed by atoms with E-state index in [4.69, 9.17) is 9.47 Å². The summed E-state index contributed by atoms with van der Waals surface area (Å²) in [6, 6.07) is 8.13. The van der Waals surface area contributed by atoms with Gasteiger partial charge in [-0.25, -0.2) is 9.78 Å². The van der Waals surface area contributed by atoms with Gasteiger partial charge in [-0.2, -0.15) is 0 Å². The molecule has 3 amide bonds. The average Bonchev–Trinajstić information content (AvgIpc) is 2.81. The number of anilines is 1. The number of carbonyl (C=O) groups excluding carboxylic acids is 2. The molecule has 0 saturated heterocycles. The summed E-state index contributed by atoms with van der Waals surface area (Å²) in [5, 5.41) is 12.6. The number of aliphatic hydroxyl groups is 1. The molecular weight excluding hydrogens is 492 g/mol. The summed E-state index contributed by atoms with van der Waals surface area (Å²) in [5.74, 6) is 0.370.